The van der Waals surface area contributed by atoms with Crippen molar-refractivity contribution < 1.29 is 33.3 Å². The molecule has 2 saturated heterocycles. The van der Waals surface area contributed by atoms with Crippen LogP contribution in [-0.4, -0.2) is 63.8 Å². The zero-order valence-electron chi connectivity index (χ0n) is 17.9. The summed E-state index contributed by atoms with van der Waals surface area (Å²) in [5, 5.41) is 5.77. The lowest BCUT2D eigenvalue weighted by Crippen LogP contribution is -2.46. The van der Waals surface area contributed by atoms with E-state index in [2.05, 4.69) is 10.6 Å². The molecule has 170 valence electrons. The van der Waals surface area contributed by atoms with Crippen molar-refractivity contribution in [2.24, 2.45) is 5.92 Å². The predicted octanol–water partition coefficient (Wildman–Crippen LogP) is 2.48. The average Bonchev–Trinajstić information content (AvgIpc) is 3.37. The molecule has 2 amide bonds. The molecule has 0 bridgehead atoms. The smallest absolute Gasteiger partial charge is 0.412 e. The molecule has 2 heterocycles. The Labute approximate surface area is 181 Å². The molecule has 9 nitrogen and oxygen atoms in total. The van der Waals surface area contributed by atoms with E-state index in [1.165, 1.54) is 20.6 Å². The lowest BCUT2D eigenvalue weighted by molar-refractivity contribution is -0.127. The van der Waals surface area contributed by atoms with Gasteiger partial charge in [-0.1, -0.05) is 19.3 Å². The molecule has 0 spiro atoms. The fourth-order valence-electron chi connectivity index (χ4n) is 4.52. The Bertz CT molecular complexity index is 774. The summed E-state index contributed by atoms with van der Waals surface area (Å²) >= 11 is 0. The van der Waals surface area contributed by atoms with Gasteiger partial charge in [0.25, 0.3) is 0 Å². The summed E-state index contributed by atoms with van der Waals surface area (Å²) < 4.78 is 27.6. The van der Waals surface area contributed by atoms with Gasteiger partial charge in [-0.2, -0.15) is 0 Å². The minimum Gasteiger partial charge on any atom is -0.497 e. The van der Waals surface area contributed by atoms with Crippen LogP contribution in [-0.2, 0) is 19.0 Å². The number of nitrogens with one attached hydrogen (secondary N) is 2. The van der Waals surface area contributed by atoms with Crippen molar-refractivity contribution in [3.8, 4) is 11.5 Å². The Hall–Kier alpha value is -2.52. The molecule has 2 N–H and O–H groups in total. The van der Waals surface area contributed by atoms with Gasteiger partial charge in [0.2, 0.25) is 5.91 Å². The molecule has 1 aromatic carbocycles. The standard InChI is InChI=1S/C22H30N2O7/c1-27-15-8-14(9-16(10-15)28-2)23-22(26)31-18-12-30-19-17(11-29-20(18)19)24-21(25)13-6-4-3-5-7-13/h8-10,13,17-20H,3-7,11-12H2,1-2H3,(H,23,26)(H,24,25)/t17-,18-,19-,20+/m0/s1. The van der Waals surface area contributed by atoms with Crippen LogP contribution in [0, 0.1) is 5.92 Å². The lowest BCUT2D eigenvalue weighted by Gasteiger charge is -2.24. The third-order valence-corrected chi connectivity index (χ3v) is 6.17. The maximum absolute atomic E-state index is 12.6. The normalized spacial score (nSPS) is 27.9. The third kappa shape index (κ3) is 5.04. The van der Waals surface area contributed by atoms with Crippen molar-refractivity contribution >= 4 is 17.7 Å². The highest BCUT2D eigenvalue weighted by Gasteiger charge is 2.50. The van der Waals surface area contributed by atoms with Crippen LogP contribution in [0.1, 0.15) is 32.1 Å². The zero-order chi connectivity index (χ0) is 21.8. The van der Waals surface area contributed by atoms with Crippen LogP contribution in [0.5, 0.6) is 11.5 Å². The summed E-state index contributed by atoms with van der Waals surface area (Å²) in [4.78, 5) is 25.0. The minimum absolute atomic E-state index is 0.0756. The van der Waals surface area contributed by atoms with E-state index in [1.54, 1.807) is 18.2 Å². The van der Waals surface area contributed by atoms with Gasteiger partial charge in [-0.05, 0) is 12.8 Å². The first-order valence-electron chi connectivity index (χ1n) is 10.8. The maximum atomic E-state index is 12.6. The van der Waals surface area contributed by atoms with E-state index in [1.807, 2.05) is 0 Å². The average molecular weight is 434 g/mol. The lowest BCUT2D eigenvalue weighted by atomic mass is 9.88. The zero-order valence-corrected chi connectivity index (χ0v) is 17.9. The van der Waals surface area contributed by atoms with Crippen LogP contribution in [0.15, 0.2) is 18.2 Å². The molecule has 1 saturated carbocycles. The Balaban J connectivity index is 1.30. The van der Waals surface area contributed by atoms with E-state index >= 15 is 0 Å². The number of ether oxygens (including phenoxy) is 5. The number of carbonyl (C=O) groups is 2. The number of fused-ring (bicyclic) bond motifs is 1. The first-order chi connectivity index (χ1) is 15.1. The molecular weight excluding hydrogens is 404 g/mol. The predicted molar refractivity (Wildman–Crippen MR) is 111 cm³/mol. The van der Waals surface area contributed by atoms with E-state index in [9.17, 15) is 9.59 Å². The molecule has 2 aliphatic heterocycles. The van der Waals surface area contributed by atoms with Crippen LogP contribution < -0.4 is 20.1 Å². The molecule has 4 atom stereocenters. The summed E-state index contributed by atoms with van der Waals surface area (Å²) in [6.45, 7) is 0.572. The summed E-state index contributed by atoms with van der Waals surface area (Å²) in [6, 6.07) is 4.82. The number of hydrogen-bond acceptors (Lipinski definition) is 7. The first kappa shape index (κ1) is 21.7. The quantitative estimate of drug-likeness (QED) is 0.709. The van der Waals surface area contributed by atoms with Crippen molar-refractivity contribution in [3.63, 3.8) is 0 Å². The Morgan fingerprint density at radius 1 is 0.935 bits per heavy atom. The molecule has 0 unspecified atom stereocenters. The van der Waals surface area contributed by atoms with Gasteiger partial charge < -0.3 is 29.0 Å². The van der Waals surface area contributed by atoms with Gasteiger partial charge in [0.1, 0.15) is 23.7 Å². The van der Waals surface area contributed by atoms with Gasteiger partial charge in [0.05, 0.1) is 39.2 Å². The molecule has 4 rings (SSSR count). The molecule has 3 aliphatic rings. The third-order valence-electron chi connectivity index (χ3n) is 6.17. The second-order valence-corrected chi connectivity index (χ2v) is 8.22. The molecule has 1 aliphatic carbocycles. The maximum Gasteiger partial charge on any atom is 0.412 e. The molecule has 0 radical (unpaired) electrons. The van der Waals surface area contributed by atoms with Gasteiger partial charge in [0, 0.05) is 24.1 Å². The van der Waals surface area contributed by atoms with Crippen molar-refractivity contribution in [2.45, 2.75) is 56.5 Å². The van der Waals surface area contributed by atoms with Gasteiger partial charge in [-0.25, -0.2) is 4.79 Å². The number of anilines is 1. The van der Waals surface area contributed by atoms with Crippen molar-refractivity contribution in [2.75, 3.05) is 32.8 Å². The molecule has 1 aromatic rings. The van der Waals surface area contributed by atoms with Crippen LogP contribution in [0.2, 0.25) is 0 Å². The number of amides is 2. The van der Waals surface area contributed by atoms with Crippen molar-refractivity contribution in [3.05, 3.63) is 18.2 Å². The first-order valence-corrected chi connectivity index (χ1v) is 10.8. The van der Waals surface area contributed by atoms with Crippen LogP contribution in [0.4, 0.5) is 10.5 Å². The van der Waals surface area contributed by atoms with Gasteiger partial charge in [-0.15, -0.1) is 0 Å². The highest BCUT2D eigenvalue weighted by molar-refractivity contribution is 5.85. The second-order valence-electron chi connectivity index (χ2n) is 8.22. The van der Waals surface area contributed by atoms with Crippen LogP contribution in [0.3, 0.4) is 0 Å². The summed E-state index contributed by atoms with van der Waals surface area (Å²) in [6.07, 6.45) is 3.40. The van der Waals surface area contributed by atoms with E-state index in [-0.39, 0.29) is 30.6 Å². The van der Waals surface area contributed by atoms with E-state index < -0.39 is 18.3 Å². The molecule has 3 fully saturated rings. The minimum atomic E-state index is -0.622. The molecule has 31 heavy (non-hydrogen) atoms. The fraction of sp³-hybridized carbons (Fsp3) is 0.636. The van der Waals surface area contributed by atoms with Gasteiger partial charge in [-0.3, -0.25) is 10.1 Å². The van der Waals surface area contributed by atoms with E-state index in [4.69, 9.17) is 23.7 Å². The fourth-order valence-corrected chi connectivity index (χ4v) is 4.52. The highest BCUT2D eigenvalue weighted by atomic mass is 16.6. The number of carbonyl (C=O) groups excluding carboxylic acids is 2. The van der Waals surface area contributed by atoms with Crippen molar-refractivity contribution in [1.82, 2.24) is 5.32 Å². The monoisotopic (exact) mass is 434 g/mol. The number of benzene rings is 1. The Kier molecular flexibility index (Phi) is 6.82. The summed E-state index contributed by atoms with van der Waals surface area (Å²) in [7, 11) is 3.07. The Morgan fingerprint density at radius 3 is 2.29 bits per heavy atom. The molecule has 9 heteroatoms. The Morgan fingerprint density at radius 2 is 1.61 bits per heavy atom. The SMILES string of the molecule is COc1cc(NC(=O)O[C@H]2CO[C@@H]3[C@@H]2OC[C@@H]3NC(=O)C2CCCCC2)cc(OC)c1. The van der Waals surface area contributed by atoms with Crippen LogP contribution in [0.25, 0.3) is 0 Å². The van der Waals surface area contributed by atoms with Gasteiger partial charge in [0.15, 0.2) is 6.10 Å². The van der Waals surface area contributed by atoms with E-state index in [0.29, 0.717) is 23.8 Å². The van der Waals surface area contributed by atoms with Crippen molar-refractivity contribution in [1.29, 1.82) is 0 Å². The number of rotatable bonds is 6. The topological polar surface area (TPSA) is 104 Å². The highest BCUT2D eigenvalue weighted by Crippen LogP contribution is 2.31. The number of methoxy groups -OCH3 is 2. The van der Waals surface area contributed by atoms with Gasteiger partial charge >= 0.3 is 6.09 Å². The van der Waals surface area contributed by atoms with E-state index in [0.717, 1.165) is 25.7 Å². The summed E-state index contributed by atoms with van der Waals surface area (Å²) in [5.41, 5.74) is 0.488. The molecular formula is C22H30N2O7. The largest absolute Gasteiger partial charge is 0.497 e. The van der Waals surface area contributed by atoms with Crippen LogP contribution >= 0.6 is 0 Å². The second kappa shape index (κ2) is 9.74. The molecule has 0 aromatic heterocycles. The summed E-state index contributed by atoms with van der Waals surface area (Å²) in [5.74, 6) is 1.25. The number of hydrogen-bond donors (Lipinski definition) is 2.